The zero-order chi connectivity index (χ0) is 16.6. The number of carbonyl (C=O) groups excluding carboxylic acids is 1. The molecule has 0 radical (unpaired) electrons. The van der Waals surface area contributed by atoms with Crippen LogP contribution < -0.4 is 10.4 Å². The van der Waals surface area contributed by atoms with Crippen LogP contribution in [0.2, 0.25) is 0 Å². The number of hydrogen-bond acceptors (Lipinski definition) is 5. The van der Waals surface area contributed by atoms with Crippen molar-refractivity contribution in [2.75, 3.05) is 0 Å². The lowest BCUT2D eigenvalue weighted by atomic mass is 10.0. The van der Waals surface area contributed by atoms with E-state index >= 15 is 0 Å². The van der Waals surface area contributed by atoms with E-state index in [2.05, 4.69) is 9.97 Å². The average Bonchev–Trinajstić information content (AvgIpc) is 2.84. The lowest BCUT2D eigenvalue weighted by Gasteiger charge is -2.23. The molecule has 0 bridgehead atoms. The molecule has 3 aromatic rings. The topological polar surface area (TPSA) is 82.5 Å². The maximum absolute atomic E-state index is 11.3. The first-order chi connectivity index (χ1) is 10.9. The Morgan fingerprint density at radius 1 is 1.22 bits per heavy atom. The summed E-state index contributed by atoms with van der Waals surface area (Å²) in [5, 5.41) is 13.9. The third-order valence-electron chi connectivity index (χ3n) is 3.78. The van der Waals surface area contributed by atoms with Gasteiger partial charge in [-0.1, -0.05) is 30.3 Å². The Kier molecular flexibility index (Phi) is 3.87. The zero-order valence-corrected chi connectivity index (χ0v) is 14.0. The van der Waals surface area contributed by atoms with Gasteiger partial charge < -0.3 is 9.90 Å². The summed E-state index contributed by atoms with van der Waals surface area (Å²) in [6.07, 6.45) is 1.48. The van der Waals surface area contributed by atoms with Gasteiger partial charge in [0.1, 0.15) is 28.1 Å². The van der Waals surface area contributed by atoms with Crippen LogP contribution in [0.25, 0.3) is 21.3 Å². The third kappa shape index (κ3) is 2.83. The number of aliphatic carboxylic acids is 1. The molecule has 3 rings (SSSR count). The molecule has 2 N–H and O–H groups in total. The van der Waals surface area contributed by atoms with E-state index in [-0.39, 0.29) is 0 Å². The molecule has 23 heavy (non-hydrogen) atoms. The van der Waals surface area contributed by atoms with Gasteiger partial charge in [-0.15, -0.1) is 11.3 Å². The number of carboxylic acids is 1. The Hall–Kier alpha value is -2.31. The molecule has 0 spiro atoms. The Morgan fingerprint density at radius 3 is 2.57 bits per heavy atom. The molecule has 5 nitrogen and oxygen atoms in total. The molecule has 0 saturated carbocycles. The van der Waals surface area contributed by atoms with Crippen LogP contribution in [0.1, 0.15) is 18.7 Å². The Morgan fingerprint density at radius 2 is 1.91 bits per heavy atom. The van der Waals surface area contributed by atoms with Crippen LogP contribution in [0.4, 0.5) is 5.82 Å². The van der Waals surface area contributed by atoms with Crippen molar-refractivity contribution in [1.29, 1.82) is 0 Å². The van der Waals surface area contributed by atoms with E-state index in [1.165, 1.54) is 6.33 Å². The Balaban J connectivity index is 2.23. The highest BCUT2D eigenvalue weighted by atomic mass is 32.1. The Labute approximate surface area is 138 Å². The molecule has 6 heteroatoms. The maximum Gasteiger partial charge on any atom is 0.237 e. The van der Waals surface area contributed by atoms with Gasteiger partial charge in [0.05, 0.1) is 0 Å². The van der Waals surface area contributed by atoms with Crippen LogP contribution in [0.3, 0.4) is 0 Å². The van der Waals surface area contributed by atoms with Crippen LogP contribution in [0.5, 0.6) is 0 Å². The second kappa shape index (κ2) is 5.72. The number of benzene rings is 1. The lowest BCUT2D eigenvalue weighted by Crippen LogP contribution is -2.94. The van der Waals surface area contributed by atoms with Crippen molar-refractivity contribution < 1.29 is 15.2 Å². The van der Waals surface area contributed by atoms with E-state index in [9.17, 15) is 9.90 Å². The first kappa shape index (κ1) is 15.6. The average molecular weight is 327 g/mol. The number of thiophene rings is 1. The molecule has 1 aromatic carbocycles. The predicted octanol–water partition coefficient (Wildman–Crippen LogP) is 1.39. The predicted molar refractivity (Wildman–Crippen MR) is 88.3 cm³/mol. The van der Waals surface area contributed by atoms with Gasteiger partial charge in [0.15, 0.2) is 0 Å². The molecule has 0 aliphatic heterocycles. The van der Waals surface area contributed by atoms with Gasteiger partial charge in [-0.2, -0.15) is 4.98 Å². The van der Waals surface area contributed by atoms with Crippen molar-refractivity contribution in [3.8, 4) is 11.1 Å². The number of quaternary nitrogens is 1. The summed E-state index contributed by atoms with van der Waals surface area (Å²) in [4.78, 5) is 22.0. The molecule has 0 fully saturated rings. The van der Waals surface area contributed by atoms with E-state index < -0.39 is 11.5 Å². The number of hydrogen-bond donors (Lipinski definition) is 1. The normalized spacial score (nSPS) is 11.8. The fourth-order valence-electron chi connectivity index (χ4n) is 2.53. The van der Waals surface area contributed by atoms with Crippen molar-refractivity contribution in [3.05, 3.63) is 41.5 Å². The first-order valence-electron chi connectivity index (χ1n) is 7.27. The number of fused-ring (bicyclic) bond motifs is 1. The molecule has 2 heterocycles. The molecular formula is C17H17N3O2S. The summed E-state index contributed by atoms with van der Waals surface area (Å²) < 4.78 is 0. The first-order valence-corrected chi connectivity index (χ1v) is 8.08. The highest BCUT2D eigenvalue weighted by molar-refractivity contribution is 7.19. The van der Waals surface area contributed by atoms with Crippen molar-refractivity contribution in [3.63, 3.8) is 0 Å². The van der Waals surface area contributed by atoms with Gasteiger partial charge in [-0.3, -0.25) is 5.32 Å². The molecule has 2 aromatic heterocycles. The van der Waals surface area contributed by atoms with Crippen molar-refractivity contribution in [2.45, 2.75) is 26.3 Å². The van der Waals surface area contributed by atoms with Gasteiger partial charge in [0.2, 0.25) is 5.82 Å². The van der Waals surface area contributed by atoms with E-state index in [1.54, 1.807) is 30.5 Å². The molecule has 118 valence electrons. The van der Waals surface area contributed by atoms with Crippen LogP contribution in [0, 0.1) is 6.92 Å². The van der Waals surface area contributed by atoms with E-state index in [0.717, 1.165) is 26.2 Å². The van der Waals surface area contributed by atoms with Crippen molar-refractivity contribution in [1.82, 2.24) is 9.97 Å². The molecule has 0 atom stereocenters. The standard InChI is InChI=1S/C17H17N3O2S/c1-10-12(11-7-5-4-6-8-11)13-14(18-9-19-15(13)23-10)20-17(2,3)16(21)22/h4-9H,1-3H3,(H,21,22)(H,18,19,20). The number of carbonyl (C=O) groups is 1. The summed E-state index contributed by atoms with van der Waals surface area (Å²) in [6, 6.07) is 10.0. The number of rotatable bonds is 4. The molecule has 0 aliphatic carbocycles. The number of aromatic nitrogens is 2. The fourth-order valence-corrected chi connectivity index (χ4v) is 3.55. The molecule has 0 amide bonds. The highest BCUT2D eigenvalue weighted by Crippen LogP contribution is 2.39. The number of nitrogens with zero attached hydrogens (tertiary/aromatic N) is 2. The van der Waals surface area contributed by atoms with Crippen molar-refractivity contribution in [2.24, 2.45) is 0 Å². The second-order valence-corrected chi connectivity index (χ2v) is 7.20. The Bertz CT molecular complexity index is 872. The SMILES string of the molecule is Cc1sc2ncnc([NH2+]C(C)(C)C(=O)[O-])c2c1-c1ccccc1. The van der Waals surface area contributed by atoms with Gasteiger partial charge in [-0.05, 0) is 26.3 Å². The van der Waals surface area contributed by atoms with Gasteiger partial charge >= 0.3 is 0 Å². The molecule has 0 saturated heterocycles. The summed E-state index contributed by atoms with van der Waals surface area (Å²) in [6.45, 7) is 5.26. The van der Waals surface area contributed by atoms with Gasteiger partial charge in [0, 0.05) is 10.4 Å². The van der Waals surface area contributed by atoms with Crippen LogP contribution >= 0.6 is 11.3 Å². The fraction of sp³-hybridized carbons (Fsp3) is 0.235. The van der Waals surface area contributed by atoms with Crippen LogP contribution in [0.15, 0.2) is 36.7 Å². The van der Waals surface area contributed by atoms with Crippen LogP contribution in [-0.4, -0.2) is 21.5 Å². The van der Waals surface area contributed by atoms with Gasteiger partial charge in [-0.25, -0.2) is 4.98 Å². The minimum atomic E-state index is -1.13. The van der Waals surface area contributed by atoms with Gasteiger partial charge in [0.25, 0.3) is 0 Å². The van der Waals surface area contributed by atoms with E-state index in [0.29, 0.717) is 5.82 Å². The summed E-state index contributed by atoms with van der Waals surface area (Å²) >= 11 is 1.59. The highest BCUT2D eigenvalue weighted by Gasteiger charge is 2.28. The summed E-state index contributed by atoms with van der Waals surface area (Å²) in [7, 11) is 0. The summed E-state index contributed by atoms with van der Waals surface area (Å²) in [5.74, 6) is -0.495. The number of aryl methyl sites for hydroxylation is 1. The zero-order valence-electron chi connectivity index (χ0n) is 13.2. The lowest BCUT2D eigenvalue weighted by molar-refractivity contribution is -0.642. The maximum atomic E-state index is 11.3. The van der Waals surface area contributed by atoms with E-state index in [4.69, 9.17) is 0 Å². The molecule has 0 unspecified atom stereocenters. The second-order valence-electron chi connectivity index (χ2n) is 5.99. The largest absolute Gasteiger partial charge is 0.544 e. The number of nitrogens with two attached hydrogens (primary N) is 1. The smallest absolute Gasteiger partial charge is 0.237 e. The molecule has 0 aliphatic rings. The van der Waals surface area contributed by atoms with E-state index in [1.807, 2.05) is 37.3 Å². The van der Waals surface area contributed by atoms with Crippen molar-refractivity contribution >= 4 is 33.3 Å². The molecular weight excluding hydrogens is 310 g/mol. The minimum Gasteiger partial charge on any atom is -0.544 e. The quantitative estimate of drug-likeness (QED) is 0.785. The monoisotopic (exact) mass is 327 g/mol. The third-order valence-corrected chi connectivity index (χ3v) is 4.79. The number of carboxylic acid groups (broad SMARTS) is 1. The summed E-state index contributed by atoms with van der Waals surface area (Å²) in [5.41, 5.74) is 1.03. The van der Waals surface area contributed by atoms with Crippen LogP contribution in [-0.2, 0) is 4.79 Å². The minimum absolute atomic E-state index is 0.632.